The molecule has 1 saturated carbocycles. The fourth-order valence-electron chi connectivity index (χ4n) is 3.32. The average Bonchev–Trinajstić information content (AvgIpc) is 2.26. The van der Waals surface area contributed by atoms with Crippen molar-refractivity contribution in [3.63, 3.8) is 0 Å². The lowest BCUT2D eigenvalue weighted by Crippen LogP contribution is -2.31. The smallest absolute Gasteiger partial charge is 0.0999 e. The van der Waals surface area contributed by atoms with Gasteiger partial charge in [0.05, 0.1) is 0 Å². The van der Waals surface area contributed by atoms with E-state index in [1.807, 2.05) is 0 Å². The molecule has 1 rings (SSSR count). The van der Waals surface area contributed by atoms with Crippen LogP contribution in [0, 0.1) is 5.41 Å². The summed E-state index contributed by atoms with van der Waals surface area (Å²) >= 11 is 0. The second kappa shape index (κ2) is 6.11. The fourth-order valence-corrected chi connectivity index (χ4v) is 3.32. The van der Waals surface area contributed by atoms with Crippen LogP contribution in [0.2, 0.25) is 5.31 Å². The molecular weight excluding hydrogens is 203 g/mol. The summed E-state index contributed by atoms with van der Waals surface area (Å²) in [4.78, 5) is 0. The first-order valence-corrected chi connectivity index (χ1v) is 7.60. The Hall–Kier alpha value is -0.195. The lowest BCUT2D eigenvalue weighted by molar-refractivity contribution is 0.118. The summed E-state index contributed by atoms with van der Waals surface area (Å²) in [5.74, 6) is 0. The Bertz CT molecular complexity index is 252. The minimum atomic E-state index is 0.573. The Balaban J connectivity index is 2.36. The molecule has 0 aromatic heterocycles. The number of hydrogen-bond donors (Lipinski definition) is 0. The highest BCUT2D eigenvalue weighted by Gasteiger charge is 2.37. The van der Waals surface area contributed by atoms with Crippen LogP contribution in [0.15, 0.2) is 12.2 Å². The predicted octanol–water partition coefficient (Wildman–Crippen LogP) is 4.91. The molecule has 0 amide bonds. The van der Waals surface area contributed by atoms with Crippen molar-refractivity contribution in [2.24, 2.45) is 5.41 Å². The van der Waals surface area contributed by atoms with Crippen molar-refractivity contribution < 1.29 is 0 Å². The molecule has 1 heteroatoms. The lowest BCUT2D eigenvalue weighted by Gasteiger charge is -2.45. The van der Waals surface area contributed by atoms with Crippen LogP contribution < -0.4 is 0 Å². The molecule has 0 nitrogen and oxygen atoms in total. The van der Waals surface area contributed by atoms with Gasteiger partial charge in [-0.3, -0.25) is 0 Å². The van der Waals surface area contributed by atoms with E-state index in [0.29, 0.717) is 10.7 Å². The maximum absolute atomic E-state index is 4.12. The number of rotatable bonds is 8. The van der Waals surface area contributed by atoms with Crippen molar-refractivity contribution >= 4 is 7.85 Å². The third-order valence-corrected chi connectivity index (χ3v) is 5.08. The first-order chi connectivity index (χ1) is 7.93. The molecule has 0 aromatic rings. The average molecular weight is 234 g/mol. The second-order valence-electron chi connectivity index (χ2n) is 6.96. The normalized spacial score (nSPS) is 21.6. The van der Waals surface area contributed by atoms with E-state index in [9.17, 15) is 0 Å². The Labute approximate surface area is 110 Å². The van der Waals surface area contributed by atoms with Gasteiger partial charge in [-0.25, -0.2) is 0 Å². The van der Waals surface area contributed by atoms with Crippen molar-refractivity contribution in [2.45, 2.75) is 83.9 Å². The predicted molar refractivity (Wildman–Crippen MR) is 81.4 cm³/mol. The third-order valence-electron chi connectivity index (χ3n) is 5.08. The Kier molecular flexibility index (Phi) is 5.35. The zero-order valence-corrected chi connectivity index (χ0v) is 12.6. The highest BCUT2D eigenvalue weighted by atomic mass is 14.4. The molecular formula is C16H31B. The minimum absolute atomic E-state index is 0.573. The first kappa shape index (κ1) is 14.9. The van der Waals surface area contributed by atoms with Gasteiger partial charge in [0.15, 0.2) is 0 Å². The molecule has 1 aliphatic rings. The van der Waals surface area contributed by atoms with Crippen LogP contribution in [0.3, 0.4) is 0 Å². The standard InChI is InChI=1S/C16H31B/c1-5-14(3)9-7-12-16(17,6-2)13-15(4)10-8-11-15/h3,5-13,17H2,1-2,4H3. The monoisotopic (exact) mass is 234 g/mol. The molecule has 1 aliphatic carbocycles. The van der Waals surface area contributed by atoms with Crippen LogP contribution >= 0.6 is 0 Å². The van der Waals surface area contributed by atoms with Gasteiger partial charge in [-0.05, 0) is 43.9 Å². The summed E-state index contributed by atoms with van der Waals surface area (Å²) in [7, 11) is 2.51. The Morgan fingerprint density at radius 2 is 2.00 bits per heavy atom. The topological polar surface area (TPSA) is 0 Å². The van der Waals surface area contributed by atoms with Gasteiger partial charge in [0.25, 0.3) is 0 Å². The van der Waals surface area contributed by atoms with E-state index < -0.39 is 0 Å². The quantitative estimate of drug-likeness (QED) is 0.413. The minimum Gasteiger partial charge on any atom is -0.0999 e. The van der Waals surface area contributed by atoms with Crippen LogP contribution in [-0.4, -0.2) is 7.85 Å². The molecule has 0 aromatic carbocycles. The van der Waals surface area contributed by atoms with Crippen molar-refractivity contribution in [1.82, 2.24) is 0 Å². The van der Waals surface area contributed by atoms with E-state index in [4.69, 9.17) is 0 Å². The largest absolute Gasteiger partial charge is 0.109 e. The number of hydrogen-bond acceptors (Lipinski definition) is 0. The zero-order valence-electron chi connectivity index (χ0n) is 12.6. The van der Waals surface area contributed by atoms with E-state index in [2.05, 4.69) is 35.2 Å². The van der Waals surface area contributed by atoms with Gasteiger partial charge in [0, 0.05) is 0 Å². The van der Waals surface area contributed by atoms with Gasteiger partial charge in [-0.2, -0.15) is 0 Å². The van der Waals surface area contributed by atoms with Gasteiger partial charge in [-0.15, -0.1) is 0 Å². The van der Waals surface area contributed by atoms with Crippen molar-refractivity contribution in [1.29, 1.82) is 0 Å². The van der Waals surface area contributed by atoms with Crippen molar-refractivity contribution in [3.05, 3.63) is 12.2 Å². The molecule has 0 heterocycles. The van der Waals surface area contributed by atoms with E-state index in [1.54, 1.807) is 0 Å². The summed E-state index contributed by atoms with van der Waals surface area (Å²) in [6, 6.07) is 0. The molecule has 98 valence electrons. The third kappa shape index (κ3) is 4.52. The van der Waals surface area contributed by atoms with Gasteiger partial charge in [0.2, 0.25) is 0 Å². The molecule has 0 spiro atoms. The highest BCUT2D eigenvalue weighted by Crippen LogP contribution is 2.53. The van der Waals surface area contributed by atoms with Crippen LogP contribution in [-0.2, 0) is 0 Å². The van der Waals surface area contributed by atoms with E-state index in [1.165, 1.54) is 56.9 Å². The van der Waals surface area contributed by atoms with Crippen molar-refractivity contribution in [3.8, 4) is 0 Å². The van der Waals surface area contributed by atoms with Crippen LogP contribution in [0.5, 0.6) is 0 Å². The Morgan fingerprint density at radius 1 is 1.35 bits per heavy atom. The van der Waals surface area contributed by atoms with Crippen molar-refractivity contribution in [2.75, 3.05) is 0 Å². The molecule has 0 radical (unpaired) electrons. The molecule has 1 unspecified atom stereocenters. The summed E-state index contributed by atoms with van der Waals surface area (Å²) in [6.45, 7) is 11.2. The molecule has 17 heavy (non-hydrogen) atoms. The summed E-state index contributed by atoms with van der Waals surface area (Å²) in [5, 5.41) is 0.573. The van der Waals surface area contributed by atoms with Crippen LogP contribution in [0.4, 0.5) is 0 Å². The molecule has 1 atom stereocenters. The SMILES string of the molecule is BC(CC)(CCCC(=C)CC)CC1(C)CCC1. The summed E-state index contributed by atoms with van der Waals surface area (Å²) in [5.41, 5.74) is 2.10. The van der Waals surface area contributed by atoms with E-state index >= 15 is 0 Å². The van der Waals surface area contributed by atoms with Gasteiger partial charge in [0.1, 0.15) is 7.85 Å². The maximum atomic E-state index is 4.12. The van der Waals surface area contributed by atoms with Crippen LogP contribution in [0.1, 0.15) is 78.6 Å². The van der Waals surface area contributed by atoms with Crippen LogP contribution in [0.25, 0.3) is 0 Å². The van der Waals surface area contributed by atoms with Gasteiger partial charge >= 0.3 is 0 Å². The molecule has 0 aliphatic heterocycles. The second-order valence-corrected chi connectivity index (χ2v) is 6.96. The van der Waals surface area contributed by atoms with E-state index in [0.717, 1.165) is 6.42 Å². The molecule has 0 N–H and O–H groups in total. The molecule has 0 bridgehead atoms. The zero-order chi connectivity index (χ0) is 12.9. The number of allylic oxidation sites excluding steroid dienone is 1. The highest BCUT2D eigenvalue weighted by molar-refractivity contribution is 6.15. The fraction of sp³-hybridized carbons (Fsp3) is 0.875. The first-order valence-electron chi connectivity index (χ1n) is 7.60. The maximum Gasteiger partial charge on any atom is 0.109 e. The van der Waals surface area contributed by atoms with Gasteiger partial charge in [-0.1, -0.05) is 57.5 Å². The van der Waals surface area contributed by atoms with Gasteiger partial charge < -0.3 is 0 Å². The summed E-state index contributed by atoms with van der Waals surface area (Å²) < 4.78 is 0. The lowest BCUT2D eigenvalue weighted by atomic mass is 9.52. The molecule has 1 fully saturated rings. The summed E-state index contributed by atoms with van der Waals surface area (Å²) in [6.07, 6.45) is 12.3. The Morgan fingerprint density at radius 3 is 2.41 bits per heavy atom. The molecule has 0 saturated heterocycles. The van der Waals surface area contributed by atoms with E-state index in [-0.39, 0.29) is 0 Å².